The van der Waals surface area contributed by atoms with E-state index in [2.05, 4.69) is 21.9 Å². The van der Waals surface area contributed by atoms with Crippen molar-refractivity contribution in [3.05, 3.63) is 65.7 Å². The topological polar surface area (TPSA) is 64.1 Å². The fourth-order valence-electron chi connectivity index (χ4n) is 2.89. The average Bonchev–Trinajstić information content (AvgIpc) is 3.19. The summed E-state index contributed by atoms with van der Waals surface area (Å²) in [6, 6.07) is 17.9. The molecule has 0 spiro atoms. The molecule has 1 aliphatic rings. The molecule has 3 aromatic rings. The van der Waals surface area contributed by atoms with E-state index < -0.39 is 0 Å². The van der Waals surface area contributed by atoms with Crippen LogP contribution in [0.15, 0.2) is 59.7 Å². The Morgan fingerprint density at radius 1 is 1.07 bits per heavy atom. The fourth-order valence-corrected chi connectivity index (χ4v) is 3.01. The molecule has 0 aromatic heterocycles. The van der Waals surface area contributed by atoms with Gasteiger partial charge in [0.2, 0.25) is 6.79 Å². The van der Waals surface area contributed by atoms with Crippen molar-refractivity contribution in [3.8, 4) is 17.2 Å². The molecule has 4 rings (SSSR count). The second-order valence-electron chi connectivity index (χ2n) is 6.21. The summed E-state index contributed by atoms with van der Waals surface area (Å²) in [5, 5.41) is 10.00. The molecule has 1 heterocycles. The van der Waals surface area contributed by atoms with Gasteiger partial charge in [0.1, 0.15) is 5.75 Å². The smallest absolute Gasteiger partial charge is 0.231 e. The van der Waals surface area contributed by atoms with Crippen molar-refractivity contribution in [2.75, 3.05) is 13.9 Å². The van der Waals surface area contributed by atoms with Gasteiger partial charge in [-0.2, -0.15) is 5.10 Å². The number of rotatable bonds is 5. The largest absolute Gasteiger partial charge is 0.497 e. The molecule has 0 atom stereocenters. The third-order valence-corrected chi connectivity index (χ3v) is 4.58. The zero-order valence-corrected chi connectivity index (χ0v) is 16.1. The number of benzene rings is 3. The van der Waals surface area contributed by atoms with Gasteiger partial charge in [-0.25, -0.2) is 0 Å². The Morgan fingerprint density at radius 2 is 1.89 bits per heavy atom. The van der Waals surface area contributed by atoms with Crippen LogP contribution >= 0.6 is 12.2 Å². The van der Waals surface area contributed by atoms with Crippen molar-refractivity contribution >= 4 is 34.3 Å². The van der Waals surface area contributed by atoms with E-state index in [-0.39, 0.29) is 6.79 Å². The molecule has 142 valence electrons. The van der Waals surface area contributed by atoms with Crippen molar-refractivity contribution in [1.82, 2.24) is 10.7 Å². The molecule has 0 saturated heterocycles. The maximum atomic E-state index is 5.37. The van der Waals surface area contributed by atoms with E-state index >= 15 is 0 Å². The highest BCUT2D eigenvalue weighted by Gasteiger charge is 2.12. The molecule has 28 heavy (non-hydrogen) atoms. The molecule has 0 amide bonds. The van der Waals surface area contributed by atoms with Gasteiger partial charge < -0.3 is 19.5 Å². The molecule has 0 saturated carbocycles. The number of fused-ring (bicyclic) bond motifs is 2. The molecule has 0 bridgehead atoms. The van der Waals surface area contributed by atoms with E-state index in [1.807, 2.05) is 48.5 Å². The maximum absolute atomic E-state index is 5.37. The maximum Gasteiger partial charge on any atom is 0.231 e. The number of nitrogens with zero attached hydrogens (tertiary/aromatic N) is 1. The summed E-state index contributed by atoms with van der Waals surface area (Å²) in [5.74, 6) is 2.36. The van der Waals surface area contributed by atoms with Crippen LogP contribution in [0.5, 0.6) is 17.2 Å². The SMILES string of the molecule is COc1ccc2cc(/C=N\NC(=S)NCc3ccc4c(c3)OCO4)ccc2c1. The minimum Gasteiger partial charge on any atom is -0.497 e. The van der Waals surface area contributed by atoms with E-state index in [0.717, 1.165) is 39.1 Å². The van der Waals surface area contributed by atoms with Crippen LogP contribution in [0.4, 0.5) is 0 Å². The molecule has 1 aliphatic heterocycles. The minimum atomic E-state index is 0.267. The quantitative estimate of drug-likeness (QED) is 0.393. The molecule has 7 heteroatoms. The van der Waals surface area contributed by atoms with Gasteiger partial charge in [-0.3, -0.25) is 5.43 Å². The van der Waals surface area contributed by atoms with Crippen molar-refractivity contribution < 1.29 is 14.2 Å². The van der Waals surface area contributed by atoms with E-state index in [0.29, 0.717) is 11.7 Å². The lowest BCUT2D eigenvalue weighted by Crippen LogP contribution is -2.31. The van der Waals surface area contributed by atoms with Crippen molar-refractivity contribution in [2.45, 2.75) is 6.54 Å². The summed E-state index contributed by atoms with van der Waals surface area (Å²) in [7, 11) is 1.66. The molecule has 0 aliphatic carbocycles. The number of ether oxygens (including phenoxy) is 3. The van der Waals surface area contributed by atoms with Gasteiger partial charge in [0.05, 0.1) is 13.3 Å². The van der Waals surface area contributed by atoms with Crippen LogP contribution < -0.4 is 25.0 Å². The first-order valence-electron chi connectivity index (χ1n) is 8.74. The van der Waals surface area contributed by atoms with Crippen LogP contribution in [-0.4, -0.2) is 25.2 Å². The molecule has 0 unspecified atom stereocenters. The summed E-state index contributed by atoms with van der Waals surface area (Å²) in [4.78, 5) is 0. The predicted molar refractivity (Wildman–Crippen MR) is 113 cm³/mol. The summed E-state index contributed by atoms with van der Waals surface area (Å²) >= 11 is 5.27. The van der Waals surface area contributed by atoms with Crippen LogP contribution in [0, 0.1) is 0 Å². The van der Waals surface area contributed by atoms with Gasteiger partial charge in [0.25, 0.3) is 0 Å². The number of hydrogen-bond acceptors (Lipinski definition) is 5. The second kappa shape index (κ2) is 8.14. The van der Waals surface area contributed by atoms with E-state index in [1.54, 1.807) is 13.3 Å². The van der Waals surface area contributed by atoms with Crippen LogP contribution in [0.3, 0.4) is 0 Å². The zero-order chi connectivity index (χ0) is 19.3. The summed E-state index contributed by atoms with van der Waals surface area (Å²) in [6.07, 6.45) is 1.73. The lowest BCUT2D eigenvalue weighted by Gasteiger charge is -2.08. The summed E-state index contributed by atoms with van der Waals surface area (Å²) in [6.45, 7) is 0.832. The van der Waals surface area contributed by atoms with Crippen LogP contribution in [0.2, 0.25) is 0 Å². The standard InChI is InChI=1S/C21H19N3O3S/c1-25-18-6-5-16-8-14(2-4-17(16)10-18)12-23-24-21(28)22-11-15-3-7-19-20(9-15)27-13-26-19/h2-10,12H,11,13H2,1H3,(H2,22,24,28)/b23-12-. The summed E-state index contributed by atoms with van der Waals surface area (Å²) in [5.41, 5.74) is 4.85. The van der Waals surface area contributed by atoms with Crippen LogP contribution in [-0.2, 0) is 6.54 Å². The van der Waals surface area contributed by atoms with E-state index in [1.165, 1.54) is 0 Å². The van der Waals surface area contributed by atoms with Crippen LogP contribution in [0.1, 0.15) is 11.1 Å². The number of methoxy groups -OCH3 is 1. The molecule has 0 fully saturated rings. The molecular weight excluding hydrogens is 374 g/mol. The highest BCUT2D eigenvalue weighted by Crippen LogP contribution is 2.32. The monoisotopic (exact) mass is 393 g/mol. The molecule has 3 aromatic carbocycles. The van der Waals surface area contributed by atoms with Gasteiger partial charge in [-0.05, 0) is 64.4 Å². The van der Waals surface area contributed by atoms with Crippen molar-refractivity contribution in [3.63, 3.8) is 0 Å². The molecular formula is C21H19N3O3S. The molecule has 2 N–H and O–H groups in total. The Morgan fingerprint density at radius 3 is 2.79 bits per heavy atom. The van der Waals surface area contributed by atoms with E-state index in [4.69, 9.17) is 26.4 Å². The zero-order valence-electron chi connectivity index (χ0n) is 15.3. The molecule has 6 nitrogen and oxygen atoms in total. The summed E-state index contributed by atoms with van der Waals surface area (Å²) < 4.78 is 15.9. The predicted octanol–water partition coefficient (Wildman–Crippen LogP) is 3.58. The third-order valence-electron chi connectivity index (χ3n) is 4.34. The Bertz CT molecular complexity index is 1050. The normalized spacial score (nSPS) is 12.3. The lowest BCUT2D eigenvalue weighted by atomic mass is 10.1. The molecule has 0 radical (unpaired) electrons. The van der Waals surface area contributed by atoms with Crippen LogP contribution in [0.25, 0.3) is 10.8 Å². The van der Waals surface area contributed by atoms with E-state index in [9.17, 15) is 0 Å². The number of hydrogen-bond donors (Lipinski definition) is 2. The van der Waals surface area contributed by atoms with Gasteiger partial charge in [0.15, 0.2) is 16.6 Å². The number of nitrogens with one attached hydrogen (secondary N) is 2. The van der Waals surface area contributed by atoms with Gasteiger partial charge >= 0.3 is 0 Å². The Labute approximate surface area is 168 Å². The van der Waals surface area contributed by atoms with Crippen molar-refractivity contribution in [2.24, 2.45) is 5.10 Å². The highest BCUT2D eigenvalue weighted by molar-refractivity contribution is 7.80. The lowest BCUT2D eigenvalue weighted by molar-refractivity contribution is 0.174. The number of thiocarbonyl (C=S) groups is 1. The first kappa shape index (κ1) is 18.1. The first-order chi connectivity index (χ1) is 13.7. The minimum absolute atomic E-state index is 0.267. The Kier molecular flexibility index (Phi) is 5.25. The third kappa shape index (κ3) is 4.15. The van der Waals surface area contributed by atoms with Gasteiger partial charge in [0, 0.05) is 6.54 Å². The van der Waals surface area contributed by atoms with Gasteiger partial charge in [-0.15, -0.1) is 0 Å². The number of hydrazone groups is 1. The highest BCUT2D eigenvalue weighted by atomic mass is 32.1. The fraction of sp³-hybridized carbons (Fsp3) is 0.143. The Balaban J connectivity index is 1.31. The van der Waals surface area contributed by atoms with Gasteiger partial charge in [-0.1, -0.05) is 24.3 Å². The second-order valence-corrected chi connectivity index (χ2v) is 6.62. The average molecular weight is 393 g/mol. The van der Waals surface area contributed by atoms with Crippen molar-refractivity contribution in [1.29, 1.82) is 0 Å². The first-order valence-corrected chi connectivity index (χ1v) is 9.15. The Hall–Kier alpha value is -3.32.